The van der Waals surface area contributed by atoms with E-state index in [0.717, 1.165) is 18.4 Å². The van der Waals surface area contributed by atoms with E-state index >= 15 is 0 Å². The maximum atomic E-state index is 13.2. The maximum absolute atomic E-state index is 13.2. The summed E-state index contributed by atoms with van der Waals surface area (Å²) >= 11 is 6.71. The van der Waals surface area contributed by atoms with Gasteiger partial charge in [0.15, 0.2) is 5.96 Å². The first-order valence-electron chi connectivity index (χ1n) is 10.4. The summed E-state index contributed by atoms with van der Waals surface area (Å²) in [4.78, 5) is 14.5. The van der Waals surface area contributed by atoms with Crippen LogP contribution < -0.4 is 10.6 Å². The Labute approximate surface area is 186 Å². The van der Waals surface area contributed by atoms with Gasteiger partial charge in [-0.15, -0.1) is 0 Å². The molecule has 2 aliphatic rings. The molecule has 2 aromatic rings. The van der Waals surface area contributed by atoms with Gasteiger partial charge in [0, 0.05) is 25.4 Å². The van der Waals surface area contributed by atoms with Crippen molar-refractivity contribution >= 4 is 34.8 Å². The van der Waals surface area contributed by atoms with Crippen molar-refractivity contribution in [2.45, 2.75) is 31.7 Å². The minimum Gasteiger partial charge on any atom is -0.381 e. The molecule has 1 atom stereocenters. The molecule has 2 saturated heterocycles. The van der Waals surface area contributed by atoms with Crippen LogP contribution in [-0.4, -0.2) is 36.5 Å². The third-order valence-corrected chi connectivity index (χ3v) is 6.38. The molecular weight excluding hydrogens is 419 g/mol. The van der Waals surface area contributed by atoms with Crippen molar-refractivity contribution in [3.05, 3.63) is 58.9 Å². The molecule has 0 unspecified atom stereocenters. The third kappa shape index (κ3) is 4.67. The zero-order chi connectivity index (χ0) is 22.0. The fourth-order valence-corrected chi connectivity index (χ4v) is 4.56. The molecule has 0 spiro atoms. The van der Waals surface area contributed by atoms with Crippen LogP contribution in [0.2, 0.25) is 5.02 Å². The molecule has 6 nitrogen and oxygen atoms in total. The van der Waals surface area contributed by atoms with Crippen LogP contribution in [0.15, 0.2) is 42.5 Å². The summed E-state index contributed by atoms with van der Waals surface area (Å²) in [5.74, 6) is 0.0339. The van der Waals surface area contributed by atoms with Crippen molar-refractivity contribution in [3.63, 3.8) is 0 Å². The number of hydrogen-bond donors (Lipinski definition) is 3. The number of hydrogen-bond acceptors (Lipinski definition) is 4. The van der Waals surface area contributed by atoms with E-state index in [1.807, 2.05) is 25.1 Å². The van der Waals surface area contributed by atoms with Gasteiger partial charge in [-0.1, -0.05) is 23.7 Å². The van der Waals surface area contributed by atoms with Crippen LogP contribution >= 0.6 is 11.6 Å². The predicted octanol–water partition coefficient (Wildman–Crippen LogP) is 4.62. The Hall–Kier alpha value is -2.64. The molecule has 3 N–H and O–H groups in total. The van der Waals surface area contributed by atoms with E-state index in [9.17, 15) is 9.18 Å². The van der Waals surface area contributed by atoms with Crippen molar-refractivity contribution in [3.8, 4) is 0 Å². The SMILES string of the molecule is C[C@@]1(c2cccc(Nc3ccc(F)cc3)c2Cl)CC(=O)N(CC2CCOCC2)C(=N)N1. The monoisotopic (exact) mass is 444 g/mol. The number of benzene rings is 2. The predicted molar refractivity (Wildman–Crippen MR) is 119 cm³/mol. The molecule has 1 amide bonds. The number of anilines is 2. The zero-order valence-corrected chi connectivity index (χ0v) is 18.1. The summed E-state index contributed by atoms with van der Waals surface area (Å²) in [6.45, 7) is 3.82. The van der Waals surface area contributed by atoms with Crippen LogP contribution in [0, 0.1) is 17.1 Å². The number of nitrogens with one attached hydrogen (secondary N) is 3. The minimum absolute atomic E-state index is 0.0919. The lowest BCUT2D eigenvalue weighted by atomic mass is 9.85. The van der Waals surface area contributed by atoms with Gasteiger partial charge < -0.3 is 15.4 Å². The molecule has 164 valence electrons. The molecule has 0 bridgehead atoms. The number of halogens is 2. The molecule has 0 radical (unpaired) electrons. The molecule has 2 heterocycles. The van der Waals surface area contributed by atoms with Crippen LogP contribution in [0.3, 0.4) is 0 Å². The fraction of sp³-hybridized carbons (Fsp3) is 0.391. The van der Waals surface area contributed by atoms with Gasteiger partial charge >= 0.3 is 0 Å². The first-order chi connectivity index (χ1) is 14.9. The molecular formula is C23H26ClFN4O2. The van der Waals surface area contributed by atoms with Crippen molar-refractivity contribution in [1.29, 1.82) is 5.41 Å². The van der Waals surface area contributed by atoms with Crippen LogP contribution in [0.5, 0.6) is 0 Å². The lowest BCUT2D eigenvalue weighted by molar-refractivity contribution is -0.131. The summed E-state index contributed by atoms with van der Waals surface area (Å²) in [5, 5.41) is 15.4. The summed E-state index contributed by atoms with van der Waals surface area (Å²) in [5.41, 5.74) is 1.27. The number of carbonyl (C=O) groups is 1. The van der Waals surface area contributed by atoms with E-state index in [1.165, 1.54) is 17.0 Å². The standard InChI is InChI=1S/C23H26ClFN4O2/c1-23(13-20(30)29(22(26)28-23)14-15-9-11-31-12-10-15)18-3-2-4-19(21(18)24)27-17-7-5-16(25)6-8-17/h2-8,15,27H,9-14H2,1H3,(H2,26,28)/t23-/m0/s1. The zero-order valence-electron chi connectivity index (χ0n) is 17.4. The van der Waals surface area contributed by atoms with Gasteiger partial charge in [0.25, 0.3) is 0 Å². The van der Waals surface area contributed by atoms with Crippen molar-refractivity contribution < 1.29 is 13.9 Å². The minimum atomic E-state index is -0.808. The first-order valence-corrected chi connectivity index (χ1v) is 10.8. The van der Waals surface area contributed by atoms with E-state index in [-0.39, 0.29) is 24.1 Å². The third-order valence-electron chi connectivity index (χ3n) is 5.97. The lowest BCUT2D eigenvalue weighted by Crippen LogP contribution is -2.60. The van der Waals surface area contributed by atoms with Crippen molar-refractivity contribution in [2.24, 2.45) is 5.92 Å². The molecule has 2 aliphatic heterocycles. The van der Waals surface area contributed by atoms with Gasteiger partial charge in [-0.3, -0.25) is 15.1 Å². The van der Waals surface area contributed by atoms with E-state index in [4.69, 9.17) is 21.7 Å². The first kappa shape index (κ1) is 21.6. The van der Waals surface area contributed by atoms with Gasteiger partial charge in [-0.2, -0.15) is 0 Å². The number of carbonyl (C=O) groups excluding carboxylic acids is 1. The fourth-order valence-electron chi connectivity index (χ4n) is 4.18. The van der Waals surface area contributed by atoms with E-state index in [2.05, 4.69) is 10.6 Å². The highest BCUT2D eigenvalue weighted by molar-refractivity contribution is 6.34. The highest BCUT2D eigenvalue weighted by Crippen LogP contribution is 2.38. The summed E-state index contributed by atoms with van der Waals surface area (Å²) in [7, 11) is 0. The number of rotatable bonds is 5. The maximum Gasteiger partial charge on any atom is 0.231 e. The largest absolute Gasteiger partial charge is 0.381 e. The summed E-state index contributed by atoms with van der Waals surface area (Å²) in [6, 6.07) is 11.5. The van der Waals surface area contributed by atoms with Gasteiger partial charge in [0.2, 0.25) is 5.91 Å². The Kier molecular flexibility index (Phi) is 6.16. The molecule has 0 saturated carbocycles. The Morgan fingerprint density at radius 2 is 1.97 bits per heavy atom. The van der Waals surface area contributed by atoms with Crippen LogP contribution in [0.1, 0.15) is 31.7 Å². The van der Waals surface area contributed by atoms with Gasteiger partial charge in [-0.25, -0.2) is 4.39 Å². The normalized spacial score (nSPS) is 22.4. The van der Waals surface area contributed by atoms with Gasteiger partial charge in [-0.05, 0) is 61.6 Å². The number of guanidine groups is 1. The van der Waals surface area contributed by atoms with Crippen molar-refractivity contribution in [1.82, 2.24) is 10.2 Å². The second-order valence-electron chi connectivity index (χ2n) is 8.34. The van der Waals surface area contributed by atoms with Crippen LogP contribution in [0.25, 0.3) is 0 Å². The molecule has 2 fully saturated rings. The van der Waals surface area contributed by atoms with Crippen molar-refractivity contribution in [2.75, 3.05) is 25.1 Å². The average Bonchev–Trinajstić information content (AvgIpc) is 2.74. The topological polar surface area (TPSA) is 77.5 Å². The molecule has 2 aromatic carbocycles. The highest BCUT2D eigenvalue weighted by Gasteiger charge is 2.41. The molecule has 8 heteroatoms. The molecule has 31 heavy (non-hydrogen) atoms. The lowest BCUT2D eigenvalue weighted by Gasteiger charge is -2.42. The highest BCUT2D eigenvalue weighted by atomic mass is 35.5. The number of amides is 1. The van der Waals surface area contributed by atoms with Gasteiger partial charge in [0.05, 0.1) is 22.7 Å². The van der Waals surface area contributed by atoms with E-state index in [0.29, 0.717) is 42.1 Å². The average molecular weight is 445 g/mol. The van der Waals surface area contributed by atoms with E-state index < -0.39 is 5.54 Å². The number of ether oxygens (including phenoxy) is 1. The number of nitrogens with zero attached hydrogens (tertiary/aromatic N) is 1. The van der Waals surface area contributed by atoms with Crippen LogP contribution in [-0.2, 0) is 15.1 Å². The smallest absolute Gasteiger partial charge is 0.231 e. The Balaban J connectivity index is 1.53. The molecule has 0 aromatic heterocycles. The Morgan fingerprint density at radius 1 is 1.26 bits per heavy atom. The molecule has 4 rings (SSSR count). The quantitative estimate of drug-likeness (QED) is 0.628. The Bertz CT molecular complexity index is 958. The second-order valence-corrected chi connectivity index (χ2v) is 8.72. The Morgan fingerprint density at radius 3 is 2.65 bits per heavy atom. The van der Waals surface area contributed by atoms with Gasteiger partial charge in [0.1, 0.15) is 5.82 Å². The summed E-state index contributed by atoms with van der Waals surface area (Å²) < 4.78 is 18.6. The second kappa shape index (κ2) is 8.85. The van der Waals surface area contributed by atoms with Crippen LogP contribution in [0.4, 0.5) is 15.8 Å². The summed E-state index contributed by atoms with van der Waals surface area (Å²) in [6.07, 6.45) is 1.99. The van der Waals surface area contributed by atoms with E-state index in [1.54, 1.807) is 12.1 Å². The molecule has 0 aliphatic carbocycles.